The van der Waals surface area contributed by atoms with Crippen LogP contribution in [0, 0.1) is 20.8 Å². The van der Waals surface area contributed by atoms with Crippen molar-refractivity contribution in [2.24, 2.45) is 0 Å². The van der Waals surface area contributed by atoms with Gasteiger partial charge in [-0.3, -0.25) is 4.90 Å². The fourth-order valence-corrected chi connectivity index (χ4v) is 7.78. The Kier molecular flexibility index (Phi) is 7.05. The topological polar surface area (TPSA) is 60.9 Å². The van der Waals surface area contributed by atoms with Gasteiger partial charge in [0.1, 0.15) is 0 Å². The first-order chi connectivity index (χ1) is 17.3. The Morgan fingerprint density at radius 3 is 2.28 bits per heavy atom. The minimum Gasteiger partial charge on any atom is -0.395 e. The van der Waals surface area contributed by atoms with Crippen LogP contribution in [0.3, 0.4) is 0 Å². The zero-order valence-electron chi connectivity index (χ0n) is 21.4. The van der Waals surface area contributed by atoms with Gasteiger partial charge in [-0.1, -0.05) is 60.7 Å². The second-order valence-electron chi connectivity index (χ2n) is 10.3. The highest BCUT2D eigenvalue weighted by atomic mass is 32.2. The van der Waals surface area contributed by atoms with Crippen LogP contribution < -0.4 is 0 Å². The molecule has 3 aromatic rings. The molecule has 2 heterocycles. The van der Waals surface area contributed by atoms with Crippen molar-refractivity contribution < 1.29 is 13.5 Å². The molecule has 2 fully saturated rings. The van der Waals surface area contributed by atoms with Gasteiger partial charge in [0.2, 0.25) is 10.0 Å². The molecule has 2 aliphatic rings. The van der Waals surface area contributed by atoms with Gasteiger partial charge >= 0.3 is 0 Å². The van der Waals surface area contributed by atoms with E-state index in [1.165, 1.54) is 22.3 Å². The molecule has 5 rings (SSSR count). The Labute approximate surface area is 215 Å². The zero-order valence-corrected chi connectivity index (χ0v) is 22.2. The maximum atomic E-state index is 13.7. The SMILES string of the molecule is Cc1ccccc1S(=O)(=O)N1CCCCN2[C@H](CO)[C@@H](c3ccc(-c4cccc(C)c4C)cc3)[C@@H]2C1. The van der Waals surface area contributed by atoms with Crippen molar-refractivity contribution in [2.75, 3.05) is 26.2 Å². The summed E-state index contributed by atoms with van der Waals surface area (Å²) < 4.78 is 29.0. The van der Waals surface area contributed by atoms with E-state index in [9.17, 15) is 13.5 Å². The third-order valence-corrected chi connectivity index (χ3v) is 10.3. The summed E-state index contributed by atoms with van der Waals surface area (Å²) in [6.07, 6.45) is 1.74. The van der Waals surface area contributed by atoms with Crippen molar-refractivity contribution in [3.05, 3.63) is 89.0 Å². The van der Waals surface area contributed by atoms with E-state index in [0.717, 1.165) is 30.5 Å². The average Bonchev–Trinajstić information content (AvgIpc) is 2.85. The normalized spacial score (nSPS) is 23.4. The third-order valence-electron chi connectivity index (χ3n) is 8.26. The number of aliphatic hydroxyl groups excluding tert-OH is 1. The lowest BCUT2D eigenvalue weighted by molar-refractivity contribution is -0.0553. The van der Waals surface area contributed by atoms with Crippen molar-refractivity contribution >= 4 is 10.0 Å². The number of aliphatic hydroxyl groups is 1. The molecule has 0 bridgehead atoms. The minimum absolute atomic E-state index is 0.0164. The molecule has 3 aromatic carbocycles. The highest BCUT2D eigenvalue weighted by Gasteiger charge is 2.50. The Morgan fingerprint density at radius 2 is 1.56 bits per heavy atom. The van der Waals surface area contributed by atoms with E-state index < -0.39 is 10.0 Å². The van der Waals surface area contributed by atoms with Gasteiger partial charge in [0.25, 0.3) is 0 Å². The van der Waals surface area contributed by atoms with E-state index in [2.05, 4.69) is 61.2 Å². The summed E-state index contributed by atoms with van der Waals surface area (Å²) >= 11 is 0. The molecule has 0 saturated carbocycles. The number of aryl methyl sites for hydroxylation is 2. The maximum absolute atomic E-state index is 13.7. The third kappa shape index (κ3) is 4.41. The molecule has 0 unspecified atom stereocenters. The number of hydrogen-bond donors (Lipinski definition) is 1. The Hall–Kier alpha value is -2.51. The first kappa shape index (κ1) is 25.2. The van der Waals surface area contributed by atoms with Gasteiger partial charge in [-0.25, -0.2) is 8.42 Å². The van der Waals surface area contributed by atoms with E-state index in [0.29, 0.717) is 18.0 Å². The van der Waals surface area contributed by atoms with E-state index >= 15 is 0 Å². The molecule has 1 N–H and O–H groups in total. The van der Waals surface area contributed by atoms with Crippen molar-refractivity contribution in [2.45, 2.75) is 56.5 Å². The van der Waals surface area contributed by atoms with Crippen LogP contribution in [-0.4, -0.2) is 61.1 Å². The lowest BCUT2D eigenvalue weighted by Crippen LogP contribution is -2.67. The lowest BCUT2D eigenvalue weighted by Gasteiger charge is -2.57. The molecule has 0 radical (unpaired) electrons. The molecule has 5 nitrogen and oxygen atoms in total. The second kappa shape index (κ2) is 10.1. The molecule has 190 valence electrons. The Bertz CT molecular complexity index is 1340. The lowest BCUT2D eigenvalue weighted by atomic mass is 9.74. The van der Waals surface area contributed by atoms with Crippen molar-refractivity contribution in [1.29, 1.82) is 0 Å². The smallest absolute Gasteiger partial charge is 0.243 e. The van der Waals surface area contributed by atoms with Crippen molar-refractivity contribution in [3.8, 4) is 11.1 Å². The van der Waals surface area contributed by atoms with Crippen LogP contribution in [0.5, 0.6) is 0 Å². The summed E-state index contributed by atoms with van der Waals surface area (Å²) in [4.78, 5) is 2.72. The van der Waals surface area contributed by atoms with Crippen molar-refractivity contribution in [3.63, 3.8) is 0 Å². The molecule has 0 spiro atoms. The predicted molar refractivity (Wildman–Crippen MR) is 145 cm³/mol. The largest absolute Gasteiger partial charge is 0.395 e. The molecule has 6 heteroatoms. The standard InChI is InChI=1S/C30H36N2O3S/c1-21-10-8-11-26(23(21)3)24-13-15-25(16-14-24)30-27-19-31(17-6-7-18-32(27)28(30)20-33)36(34,35)29-12-5-4-9-22(29)2/h4-5,8-16,27-28,30,33H,6-7,17-20H2,1-3H3/t27-,28+,30-/m0/s1. The summed E-state index contributed by atoms with van der Waals surface area (Å²) in [5.74, 6) is 0.0929. The van der Waals surface area contributed by atoms with Gasteiger partial charge in [-0.2, -0.15) is 4.31 Å². The Balaban J connectivity index is 1.44. The van der Waals surface area contributed by atoms with E-state index in [4.69, 9.17) is 0 Å². The van der Waals surface area contributed by atoms with Crippen LogP contribution in [0.4, 0.5) is 0 Å². The van der Waals surface area contributed by atoms with E-state index in [1.807, 2.05) is 19.1 Å². The van der Waals surface area contributed by atoms with Crippen LogP contribution >= 0.6 is 0 Å². The summed E-state index contributed by atoms with van der Waals surface area (Å²) in [6.45, 7) is 8.08. The van der Waals surface area contributed by atoms with Gasteiger partial charge in [0, 0.05) is 31.1 Å². The number of benzene rings is 3. The number of sulfonamides is 1. The van der Waals surface area contributed by atoms with E-state index in [1.54, 1.807) is 16.4 Å². The molecule has 0 aliphatic carbocycles. The quantitative estimate of drug-likeness (QED) is 0.537. The maximum Gasteiger partial charge on any atom is 0.243 e. The van der Waals surface area contributed by atoms with Gasteiger partial charge in [-0.05, 0) is 79.6 Å². The number of hydrogen-bond acceptors (Lipinski definition) is 4. The molecule has 2 saturated heterocycles. The molecule has 0 aromatic heterocycles. The second-order valence-corrected chi connectivity index (χ2v) is 12.2. The zero-order chi connectivity index (χ0) is 25.4. The summed E-state index contributed by atoms with van der Waals surface area (Å²) in [6, 6.07) is 22.3. The fourth-order valence-electron chi connectivity index (χ4n) is 6.06. The van der Waals surface area contributed by atoms with Gasteiger partial charge < -0.3 is 5.11 Å². The van der Waals surface area contributed by atoms with Gasteiger partial charge in [-0.15, -0.1) is 0 Å². The predicted octanol–water partition coefficient (Wildman–Crippen LogP) is 4.89. The highest BCUT2D eigenvalue weighted by Crippen LogP contribution is 2.43. The van der Waals surface area contributed by atoms with Crippen LogP contribution in [-0.2, 0) is 10.0 Å². The average molecular weight is 505 g/mol. The summed E-state index contributed by atoms with van der Waals surface area (Å²) in [5.41, 5.74) is 6.91. The molecule has 2 aliphatic heterocycles. The Morgan fingerprint density at radius 1 is 0.861 bits per heavy atom. The highest BCUT2D eigenvalue weighted by molar-refractivity contribution is 7.89. The number of rotatable bonds is 5. The summed E-state index contributed by atoms with van der Waals surface area (Å²) in [5, 5.41) is 10.3. The van der Waals surface area contributed by atoms with Crippen LogP contribution in [0.25, 0.3) is 11.1 Å². The first-order valence-corrected chi connectivity index (χ1v) is 14.4. The van der Waals surface area contributed by atoms with Gasteiger partial charge in [0.05, 0.1) is 11.5 Å². The monoisotopic (exact) mass is 504 g/mol. The molecule has 0 amide bonds. The molecular formula is C30H36N2O3S. The van der Waals surface area contributed by atoms with Gasteiger partial charge in [0.15, 0.2) is 0 Å². The fraction of sp³-hybridized carbons (Fsp3) is 0.400. The van der Waals surface area contributed by atoms with Crippen LogP contribution in [0.1, 0.15) is 41.0 Å². The number of nitrogens with zero attached hydrogens (tertiary/aromatic N) is 2. The molecule has 36 heavy (non-hydrogen) atoms. The van der Waals surface area contributed by atoms with Crippen molar-refractivity contribution in [1.82, 2.24) is 9.21 Å². The summed E-state index contributed by atoms with van der Waals surface area (Å²) in [7, 11) is -3.59. The van der Waals surface area contributed by atoms with E-state index in [-0.39, 0.29) is 24.6 Å². The molecule has 3 atom stereocenters. The first-order valence-electron chi connectivity index (χ1n) is 12.9. The van der Waals surface area contributed by atoms with Crippen LogP contribution in [0.15, 0.2) is 71.6 Å². The number of fused-ring (bicyclic) bond motifs is 1. The molecular weight excluding hydrogens is 468 g/mol. The van der Waals surface area contributed by atoms with Crippen LogP contribution in [0.2, 0.25) is 0 Å². The minimum atomic E-state index is -3.59.